The highest BCUT2D eigenvalue weighted by Gasteiger charge is 2.52. The molecule has 136 valence electrons. The molecule has 0 bridgehead atoms. The second-order valence-electron chi connectivity index (χ2n) is 6.68. The highest BCUT2D eigenvalue weighted by molar-refractivity contribution is 5.84. The van der Waals surface area contributed by atoms with Crippen LogP contribution in [0.3, 0.4) is 0 Å². The lowest BCUT2D eigenvalue weighted by atomic mass is 9.76. The summed E-state index contributed by atoms with van der Waals surface area (Å²) < 4.78 is 44.3. The molecule has 0 spiro atoms. The molecule has 0 saturated carbocycles. The normalized spacial score (nSPS) is 28.3. The maximum absolute atomic E-state index is 13.1. The van der Waals surface area contributed by atoms with E-state index in [0.717, 1.165) is 4.90 Å². The zero-order valence-corrected chi connectivity index (χ0v) is 13.7. The summed E-state index contributed by atoms with van der Waals surface area (Å²) in [6.45, 7) is 4.00. The van der Waals surface area contributed by atoms with E-state index in [9.17, 15) is 27.9 Å². The van der Waals surface area contributed by atoms with E-state index in [4.69, 9.17) is 4.74 Å². The van der Waals surface area contributed by atoms with Crippen LogP contribution in [0.25, 0.3) is 0 Å². The molecule has 0 aromatic carbocycles. The minimum atomic E-state index is -4.99. The minimum Gasteiger partial charge on any atom is -0.481 e. The van der Waals surface area contributed by atoms with Gasteiger partial charge in [0.25, 0.3) is 0 Å². The van der Waals surface area contributed by atoms with Crippen LogP contribution in [-0.4, -0.2) is 53.4 Å². The van der Waals surface area contributed by atoms with Gasteiger partial charge < -0.3 is 14.7 Å². The van der Waals surface area contributed by atoms with E-state index in [2.05, 4.69) is 0 Å². The number of carboxylic acids is 1. The number of halogens is 3. The molecule has 0 aromatic heterocycles. The van der Waals surface area contributed by atoms with Gasteiger partial charge in [0.2, 0.25) is 0 Å². The van der Waals surface area contributed by atoms with Crippen LogP contribution in [0.2, 0.25) is 0 Å². The number of nitrogens with zero attached hydrogens (tertiary/aromatic N) is 1. The van der Waals surface area contributed by atoms with Crippen LogP contribution in [0.5, 0.6) is 0 Å². The molecule has 0 aromatic rings. The Hall–Kier alpha value is -1.57. The lowest BCUT2D eigenvalue weighted by Crippen LogP contribution is -2.53. The molecule has 1 fully saturated rings. The van der Waals surface area contributed by atoms with E-state index in [1.807, 2.05) is 0 Å². The Morgan fingerprint density at radius 2 is 1.88 bits per heavy atom. The van der Waals surface area contributed by atoms with Gasteiger partial charge in [0.1, 0.15) is 0 Å². The number of aliphatic carboxylic acids is 1. The van der Waals surface area contributed by atoms with Crippen molar-refractivity contribution in [2.75, 3.05) is 13.2 Å². The average molecular weight is 349 g/mol. The van der Waals surface area contributed by atoms with Gasteiger partial charge in [-0.25, -0.2) is 0 Å². The van der Waals surface area contributed by atoms with Gasteiger partial charge in [-0.15, -0.1) is 0 Å². The van der Waals surface area contributed by atoms with Crippen LogP contribution in [0.1, 0.15) is 33.1 Å². The number of carbonyl (C=O) groups is 2. The molecule has 1 aliphatic carbocycles. The third kappa shape index (κ3) is 3.43. The van der Waals surface area contributed by atoms with Crippen LogP contribution in [-0.2, 0) is 14.3 Å². The fourth-order valence-corrected chi connectivity index (χ4v) is 3.49. The van der Waals surface area contributed by atoms with Crippen molar-refractivity contribution < 1.29 is 32.6 Å². The van der Waals surface area contributed by atoms with Gasteiger partial charge in [-0.2, -0.15) is 13.2 Å². The van der Waals surface area contributed by atoms with Crippen molar-refractivity contribution in [3.8, 4) is 0 Å². The SMILES string of the molecule is CC(C)[C@]1(C(=O)O)C=CC(N(C(=O)C(F)(F)F)C2CCOCC2)C1. The maximum atomic E-state index is 13.1. The predicted octanol–water partition coefficient (Wildman–Crippen LogP) is 2.61. The molecule has 0 radical (unpaired) electrons. The number of hydrogen-bond acceptors (Lipinski definition) is 3. The number of hydrogen-bond donors (Lipinski definition) is 1. The first-order valence-electron chi connectivity index (χ1n) is 7.99. The third-order valence-electron chi connectivity index (χ3n) is 5.01. The van der Waals surface area contributed by atoms with Gasteiger partial charge in [-0.1, -0.05) is 26.0 Å². The van der Waals surface area contributed by atoms with Crippen molar-refractivity contribution in [3.05, 3.63) is 12.2 Å². The van der Waals surface area contributed by atoms with E-state index >= 15 is 0 Å². The van der Waals surface area contributed by atoms with Crippen LogP contribution in [0.4, 0.5) is 13.2 Å². The summed E-state index contributed by atoms with van der Waals surface area (Å²) >= 11 is 0. The smallest absolute Gasteiger partial charge is 0.471 e. The van der Waals surface area contributed by atoms with Crippen molar-refractivity contribution >= 4 is 11.9 Å². The van der Waals surface area contributed by atoms with Crippen LogP contribution in [0, 0.1) is 11.3 Å². The number of ether oxygens (including phenoxy) is 1. The van der Waals surface area contributed by atoms with Crippen molar-refractivity contribution in [1.82, 2.24) is 4.90 Å². The van der Waals surface area contributed by atoms with Gasteiger partial charge in [-0.3, -0.25) is 9.59 Å². The van der Waals surface area contributed by atoms with Crippen LogP contribution < -0.4 is 0 Å². The second-order valence-corrected chi connectivity index (χ2v) is 6.68. The van der Waals surface area contributed by atoms with Gasteiger partial charge in [0.05, 0.1) is 11.5 Å². The number of alkyl halides is 3. The lowest BCUT2D eigenvalue weighted by Gasteiger charge is -2.39. The Morgan fingerprint density at radius 1 is 1.29 bits per heavy atom. The van der Waals surface area contributed by atoms with E-state index in [0.29, 0.717) is 12.8 Å². The van der Waals surface area contributed by atoms with Crippen LogP contribution >= 0.6 is 0 Å². The molecule has 2 rings (SSSR count). The Morgan fingerprint density at radius 3 is 2.29 bits per heavy atom. The number of carbonyl (C=O) groups excluding carboxylic acids is 1. The Balaban J connectivity index is 2.30. The van der Waals surface area contributed by atoms with E-state index in [1.54, 1.807) is 13.8 Å². The van der Waals surface area contributed by atoms with Crippen molar-refractivity contribution in [3.63, 3.8) is 0 Å². The molecule has 1 heterocycles. The Labute approximate surface area is 138 Å². The van der Waals surface area contributed by atoms with E-state index < -0.39 is 35.6 Å². The average Bonchev–Trinajstić information content (AvgIpc) is 2.94. The van der Waals surface area contributed by atoms with Crippen LogP contribution in [0.15, 0.2) is 12.2 Å². The first-order valence-corrected chi connectivity index (χ1v) is 7.99. The zero-order valence-electron chi connectivity index (χ0n) is 13.7. The van der Waals surface area contributed by atoms with Crippen molar-refractivity contribution in [1.29, 1.82) is 0 Å². The van der Waals surface area contributed by atoms with E-state index in [-0.39, 0.29) is 25.6 Å². The Kier molecular flexibility index (Phi) is 5.27. The lowest BCUT2D eigenvalue weighted by molar-refractivity contribution is -0.191. The maximum Gasteiger partial charge on any atom is 0.471 e. The molecule has 1 N–H and O–H groups in total. The largest absolute Gasteiger partial charge is 0.481 e. The molecule has 24 heavy (non-hydrogen) atoms. The van der Waals surface area contributed by atoms with Gasteiger partial charge >= 0.3 is 18.1 Å². The summed E-state index contributed by atoms with van der Waals surface area (Å²) in [7, 11) is 0. The highest BCUT2D eigenvalue weighted by Crippen LogP contribution is 2.43. The summed E-state index contributed by atoms with van der Waals surface area (Å²) in [5.74, 6) is -3.29. The molecule has 1 saturated heterocycles. The molecular formula is C16H22F3NO4. The van der Waals surface area contributed by atoms with Gasteiger partial charge in [0, 0.05) is 19.3 Å². The topological polar surface area (TPSA) is 66.8 Å². The molecule has 1 aliphatic heterocycles. The quantitative estimate of drug-likeness (QED) is 0.793. The summed E-state index contributed by atoms with van der Waals surface area (Å²) in [4.78, 5) is 24.5. The molecule has 5 nitrogen and oxygen atoms in total. The van der Waals surface area contributed by atoms with Crippen molar-refractivity contribution in [2.24, 2.45) is 11.3 Å². The predicted molar refractivity (Wildman–Crippen MR) is 79.2 cm³/mol. The molecule has 2 aliphatic rings. The third-order valence-corrected chi connectivity index (χ3v) is 5.01. The molecule has 1 amide bonds. The number of rotatable bonds is 4. The van der Waals surface area contributed by atoms with Gasteiger partial charge in [0.15, 0.2) is 0 Å². The first kappa shape index (κ1) is 18.8. The molecular weight excluding hydrogens is 327 g/mol. The zero-order chi connectivity index (χ0) is 18.1. The molecule has 2 atom stereocenters. The van der Waals surface area contributed by atoms with Crippen molar-refractivity contribution in [2.45, 2.75) is 51.4 Å². The molecule has 1 unspecified atom stereocenters. The number of amides is 1. The monoisotopic (exact) mass is 349 g/mol. The molecule has 8 heteroatoms. The summed E-state index contributed by atoms with van der Waals surface area (Å²) in [6.07, 6.45) is -1.52. The van der Waals surface area contributed by atoms with E-state index in [1.165, 1.54) is 12.2 Å². The summed E-state index contributed by atoms with van der Waals surface area (Å²) in [5, 5.41) is 9.55. The number of carboxylic acid groups (broad SMARTS) is 1. The summed E-state index contributed by atoms with van der Waals surface area (Å²) in [5.41, 5.74) is -1.25. The van der Waals surface area contributed by atoms with Gasteiger partial charge in [-0.05, 0) is 25.2 Å². The summed E-state index contributed by atoms with van der Waals surface area (Å²) in [6, 6.07) is -1.47. The fourth-order valence-electron chi connectivity index (χ4n) is 3.49. The highest BCUT2D eigenvalue weighted by atomic mass is 19.4. The Bertz CT molecular complexity index is 526. The standard InChI is InChI=1S/C16H22F3NO4/c1-10(2)15(14(22)23)6-3-12(9-15)20(13(21)16(17,18)19)11-4-7-24-8-5-11/h3,6,10-12H,4-5,7-9H2,1-2H3,(H,22,23)/t12?,15-/m0/s1. The minimum absolute atomic E-state index is 0.0425. The first-order chi connectivity index (χ1) is 11.1. The second kappa shape index (κ2) is 6.74. The fraction of sp³-hybridized carbons (Fsp3) is 0.750.